The average Bonchev–Trinajstić information content (AvgIpc) is 2.93. The summed E-state index contributed by atoms with van der Waals surface area (Å²) in [5.74, 6) is 0.614. The molecular formula is C18H14Cl4N4S. The molecule has 0 aliphatic rings. The average molecular weight is 460 g/mol. The van der Waals surface area contributed by atoms with Crippen LogP contribution >= 0.6 is 58.6 Å². The van der Waals surface area contributed by atoms with Crippen molar-refractivity contribution in [3.8, 4) is 0 Å². The zero-order valence-electron chi connectivity index (χ0n) is 14.1. The fourth-order valence-corrected chi connectivity index (χ4v) is 3.28. The van der Waals surface area contributed by atoms with E-state index in [1.807, 2.05) is 29.8 Å². The van der Waals surface area contributed by atoms with Gasteiger partial charge >= 0.3 is 0 Å². The molecule has 0 saturated carbocycles. The Bertz CT molecular complexity index is 1000. The molecule has 1 heterocycles. The number of halogens is 4. The van der Waals surface area contributed by atoms with Gasteiger partial charge in [-0.05, 0) is 55.0 Å². The largest absolute Gasteiger partial charge is 0.331 e. The molecule has 9 heteroatoms. The molecule has 0 saturated heterocycles. The highest BCUT2D eigenvalue weighted by Crippen LogP contribution is 2.26. The van der Waals surface area contributed by atoms with E-state index in [9.17, 15) is 0 Å². The molecule has 0 unspecified atom stereocenters. The summed E-state index contributed by atoms with van der Waals surface area (Å²) in [5.41, 5.74) is 2.58. The summed E-state index contributed by atoms with van der Waals surface area (Å²) < 4.78 is 1.84. The minimum atomic E-state index is 0.360. The lowest BCUT2D eigenvalue weighted by Crippen LogP contribution is -2.19. The summed E-state index contributed by atoms with van der Waals surface area (Å²) in [6.45, 7) is 2.52. The van der Waals surface area contributed by atoms with Crippen LogP contribution in [0.3, 0.4) is 0 Å². The molecule has 3 aromatic rings. The Morgan fingerprint density at radius 1 is 0.963 bits per heavy atom. The molecule has 0 fully saturated rings. The van der Waals surface area contributed by atoms with Gasteiger partial charge in [0.25, 0.3) is 0 Å². The summed E-state index contributed by atoms with van der Waals surface area (Å²) in [7, 11) is 0. The van der Waals surface area contributed by atoms with Gasteiger partial charge in [-0.1, -0.05) is 52.5 Å². The molecule has 0 aliphatic heterocycles. The fraction of sp³-hybridized carbons (Fsp3) is 0.111. The number of benzene rings is 2. The number of hydrogen-bond acceptors (Lipinski definition) is 2. The first-order valence-corrected chi connectivity index (χ1v) is 9.75. The van der Waals surface area contributed by atoms with E-state index < -0.39 is 0 Å². The van der Waals surface area contributed by atoms with Gasteiger partial charge in [0.2, 0.25) is 0 Å². The molecule has 0 aliphatic carbocycles. The number of nitrogens with one attached hydrogen (secondary N) is 2. The topological polar surface area (TPSA) is 41.9 Å². The lowest BCUT2D eigenvalue weighted by atomic mass is 10.2. The Balaban J connectivity index is 1.69. The van der Waals surface area contributed by atoms with E-state index in [0.717, 1.165) is 11.3 Å². The minimum absolute atomic E-state index is 0.360. The third-order valence-electron chi connectivity index (χ3n) is 3.72. The smallest absolute Gasteiger partial charge is 0.176 e. The number of nitrogens with zero attached hydrogens (tertiary/aromatic N) is 2. The van der Waals surface area contributed by atoms with Crippen molar-refractivity contribution in [2.24, 2.45) is 0 Å². The Morgan fingerprint density at radius 3 is 2.44 bits per heavy atom. The number of thiocarbonyl (C=S) groups is 1. The highest BCUT2D eigenvalue weighted by molar-refractivity contribution is 7.80. The minimum Gasteiger partial charge on any atom is -0.331 e. The second-order valence-corrected chi connectivity index (χ2v) is 7.85. The molecule has 1 aromatic heterocycles. The second kappa shape index (κ2) is 8.67. The zero-order chi connectivity index (χ0) is 19.6. The van der Waals surface area contributed by atoms with E-state index in [1.54, 1.807) is 24.3 Å². The standard InChI is InChI=1S/C18H14Cl4N4S/c1-10-6-17(24-18(27)23-16-8-12(19)3-5-14(16)21)25-26(10)9-11-2-4-13(20)15(22)7-11/h2-8H,9H2,1H3,(H2,23,24,25,27). The number of hydrogen-bond donors (Lipinski definition) is 2. The van der Waals surface area contributed by atoms with Crippen molar-refractivity contribution < 1.29 is 0 Å². The van der Waals surface area contributed by atoms with Gasteiger partial charge in [-0.3, -0.25) is 4.68 Å². The molecule has 4 nitrogen and oxygen atoms in total. The summed E-state index contributed by atoms with van der Waals surface area (Å²) in [6, 6.07) is 12.5. The third kappa shape index (κ3) is 5.27. The zero-order valence-corrected chi connectivity index (χ0v) is 17.9. The predicted molar refractivity (Wildman–Crippen MR) is 119 cm³/mol. The molecule has 0 spiro atoms. The van der Waals surface area contributed by atoms with Gasteiger partial charge in [-0.15, -0.1) is 0 Å². The summed E-state index contributed by atoms with van der Waals surface area (Å²) in [4.78, 5) is 0. The summed E-state index contributed by atoms with van der Waals surface area (Å²) in [5, 5.41) is 13.1. The molecule has 0 atom stereocenters. The van der Waals surface area contributed by atoms with Gasteiger partial charge in [0.15, 0.2) is 10.9 Å². The number of aryl methyl sites for hydroxylation is 1. The first kappa shape index (κ1) is 20.2. The van der Waals surface area contributed by atoms with Crippen LogP contribution in [-0.2, 0) is 6.54 Å². The van der Waals surface area contributed by atoms with Gasteiger partial charge < -0.3 is 10.6 Å². The Hall–Kier alpha value is -1.50. The molecule has 2 N–H and O–H groups in total. The Morgan fingerprint density at radius 2 is 1.70 bits per heavy atom. The maximum atomic E-state index is 6.14. The third-order valence-corrected chi connectivity index (χ3v) is 5.22. The van der Waals surface area contributed by atoms with E-state index in [1.165, 1.54) is 0 Å². The highest BCUT2D eigenvalue weighted by Gasteiger charge is 2.09. The lowest BCUT2D eigenvalue weighted by molar-refractivity contribution is 0.668. The highest BCUT2D eigenvalue weighted by atomic mass is 35.5. The molecule has 3 rings (SSSR count). The first-order chi connectivity index (χ1) is 12.8. The fourth-order valence-electron chi connectivity index (χ4n) is 2.41. The maximum Gasteiger partial charge on any atom is 0.176 e. The summed E-state index contributed by atoms with van der Waals surface area (Å²) in [6.07, 6.45) is 0. The Kier molecular flexibility index (Phi) is 6.50. The van der Waals surface area contributed by atoms with Gasteiger partial charge in [-0.2, -0.15) is 5.10 Å². The van der Waals surface area contributed by atoms with Crippen molar-refractivity contribution in [3.63, 3.8) is 0 Å². The molecule has 0 bridgehead atoms. The van der Waals surface area contributed by atoms with Gasteiger partial charge in [-0.25, -0.2) is 0 Å². The van der Waals surface area contributed by atoms with E-state index in [0.29, 0.717) is 43.3 Å². The number of anilines is 2. The summed E-state index contributed by atoms with van der Waals surface area (Å²) >= 11 is 29.5. The van der Waals surface area contributed by atoms with E-state index in [2.05, 4.69) is 15.7 Å². The monoisotopic (exact) mass is 458 g/mol. The van der Waals surface area contributed by atoms with Crippen LogP contribution in [0.2, 0.25) is 20.1 Å². The molecule has 2 aromatic carbocycles. The first-order valence-electron chi connectivity index (χ1n) is 7.83. The van der Waals surface area contributed by atoms with E-state index in [4.69, 9.17) is 58.6 Å². The van der Waals surface area contributed by atoms with E-state index >= 15 is 0 Å². The normalized spacial score (nSPS) is 10.7. The van der Waals surface area contributed by atoms with Gasteiger partial charge in [0, 0.05) is 16.8 Å². The van der Waals surface area contributed by atoms with Crippen LogP contribution in [0.4, 0.5) is 11.5 Å². The Labute approximate surface area is 182 Å². The van der Waals surface area contributed by atoms with Gasteiger partial charge in [0.05, 0.1) is 27.3 Å². The van der Waals surface area contributed by atoms with Crippen LogP contribution in [0.25, 0.3) is 0 Å². The molecule has 27 heavy (non-hydrogen) atoms. The van der Waals surface area contributed by atoms with Crippen LogP contribution in [0.15, 0.2) is 42.5 Å². The molecular weight excluding hydrogens is 446 g/mol. The van der Waals surface area contributed by atoms with Crippen molar-refractivity contribution in [1.29, 1.82) is 0 Å². The second-order valence-electron chi connectivity index (χ2n) is 5.78. The number of aromatic nitrogens is 2. The van der Waals surface area contributed by atoms with Crippen LogP contribution in [-0.4, -0.2) is 14.9 Å². The van der Waals surface area contributed by atoms with Crippen LogP contribution < -0.4 is 10.6 Å². The molecule has 0 amide bonds. The van der Waals surface area contributed by atoms with Crippen LogP contribution in [0, 0.1) is 6.92 Å². The molecule has 0 radical (unpaired) electrons. The number of rotatable bonds is 4. The van der Waals surface area contributed by atoms with E-state index in [-0.39, 0.29) is 0 Å². The van der Waals surface area contributed by atoms with Crippen LogP contribution in [0.5, 0.6) is 0 Å². The van der Waals surface area contributed by atoms with Crippen molar-refractivity contribution in [1.82, 2.24) is 9.78 Å². The lowest BCUT2D eigenvalue weighted by Gasteiger charge is -2.10. The van der Waals surface area contributed by atoms with Gasteiger partial charge in [0.1, 0.15) is 0 Å². The van der Waals surface area contributed by atoms with Crippen molar-refractivity contribution in [2.45, 2.75) is 13.5 Å². The maximum absolute atomic E-state index is 6.14. The van der Waals surface area contributed by atoms with Crippen molar-refractivity contribution in [3.05, 3.63) is 73.8 Å². The van der Waals surface area contributed by atoms with Crippen molar-refractivity contribution in [2.75, 3.05) is 10.6 Å². The SMILES string of the molecule is Cc1cc(NC(=S)Nc2cc(Cl)ccc2Cl)nn1Cc1ccc(Cl)c(Cl)c1. The van der Waals surface area contributed by atoms with Crippen molar-refractivity contribution >= 4 is 75.2 Å². The van der Waals surface area contributed by atoms with Crippen LogP contribution in [0.1, 0.15) is 11.3 Å². The predicted octanol–water partition coefficient (Wildman–Crippen LogP) is 6.66. The quantitative estimate of drug-likeness (QED) is 0.428. The molecule has 140 valence electrons.